The fraction of sp³-hybridized carbons (Fsp3) is 0. The molecule has 5 nitrogen and oxygen atoms in total. The fourth-order valence-electron chi connectivity index (χ4n) is 1.52. The van der Waals surface area contributed by atoms with E-state index in [-0.39, 0.29) is 5.75 Å². The van der Waals surface area contributed by atoms with Crippen LogP contribution in [0.4, 0.5) is 5.69 Å². The van der Waals surface area contributed by atoms with E-state index >= 15 is 0 Å². The Morgan fingerprint density at radius 1 is 1.12 bits per heavy atom. The van der Waals surface area contributed by atoms with E-state index < -0.39 is 10.4 Å². The monoisotopic (exact) mass is 239 g/mol. The van der Waals surface area contributed by atoms with Crippen LogP contribution in [0.15, 0.2) is 36.4 Å². The Morgan fingerprint density at radius 3 is 2.38 bits per heavy atom. The molecule has 0 bridgehead atoms. The van der Waals surface area contributed by atoms with Crippen LogP contribution < -0.4 is 9.92 Å². The Bertz CT molecular complexity index is 631. The number of hydrogen-bond acceptors (Lipinski definition) is 4. The van der Waals surface area contributed by atoms with Gasteiger partial charge < -0.3 is 9.92 Å². The van der Waals surface area contributed by atoms with Crippen LogP contribution in [0, 0.1) is 0 Å². The number of hydrogen-bond donors (Lipinski definition) is 2. The molecule has 0 heterocycles. The molecule has 0 radical (unpaired) electrons. The molecule has 2 aromatic carbocycles. The third kappa shape index (κ3) is 2.07. The van der Waals surface area contributed by atoms with Crippen LogP contribution in [0.5, 0.6) is 5.75 Å². The van der Waals surface area contributed by atoms with Crippen LogP contribution in [-0.2, 0) is 10.4 Å². The average Bonchev–Trinajstić information content (AvgIpc) is 2.15. The molecule has 6 heteroatoms. The summed E-state index contributed by atoms with van der Waals surface area (Å²) in [6, 6.07) is 9.94. The summed E-state index contributed by atoms with van der Waals surface area (Å²) in [4.78, 5) is 0. The lowest BCUT2D eigenvalue weighted by Crippen LogP contribution is -2.07. The first-order chi connectivity index (χ1) is 7.47. The van der Waals surface area contributed by atoms with E-state index in [2.05, 4.69) is 4.18 Å². The summed E-state index contributed by atoms with van der Waals surface area (Å²) in [6.07, 6.45) is 0. The van der Waals surface area contributed by atoms with Crippen molar-refractivity contribution in [3.05, 3.63) is 36.4 Å². The molecule has 16 heavy (non-hydrogen) atoms. The zero-order valence-electron chi connectivity index (χ0n) is 8.12. The molecule has 0 saturated carbocycles. The van der Waals surface area contributed by atoms with Gasteiger partial charge in [0.05, 0.1) is 0 Å². The molecule has 3 N–H and O–H groups in total. The third-order valence-corrected chi connectivity index (χ3v) is 2.48. The Morgan fingerprint density at radius 2 is 1.75 bits per heavy atom. The molecule has 0 spiro atoms. The summed E-state index contributed by atoms with van der Waals surface area (Å²) >= 11 is 0. The van der Waals surface area contributed by atoms with Gasteiger partial charge in [-0.2, -0.15) is 8.42 Å². The molecule has 0 aliphatic carbocycles. The van der Waals surface area contributed by atoms with Gasteiger partial charge in [-0.1, -0.05) is 24.3 Å². The number of benzene rings is 2. The molecule has 0 aliphatic heterocycles. The minimum absolute atomic E-state index is 0.0121. The van der Waals surface area contributed by atoms with Gasteiger partial charge in [0.2, 0.25) is 0 Å². The van der Waals surface area contributed by atoms with Gasteiger partial charge in [0.1, 0.15) is 0 Å². The lowest BCUT2D eigenvalue weighted by Gasteiger charge is -2.07. The Kier molecular flexibility index (Phi) is 2.45. The smallest absolute Gasteiger partial charge is 0.398 e. The first kappa shape index (κ1) is 10.7. The van der Waals surface area contributed by atoms with Crippen LogP contribution >= 0.6 is 0 Å². The van der Waals surface area contributed by atoms with Gasteiger partial charge in [-0.15, -0.1) is 0 Å². The van der Waals surface area contributed by atoms with E-state index in [0.29, 0.717) is 11.1 Å². The van der Waals surface area contributed by atoms with Crippen molar-refractivity contribution in [2.45, 2.75) is 0 Å². The van der Waals surface area contributed by atoms with Crippen molar-refractivity contribution in [1.29, 1.82) is 0 Å². The van der Waals surface area contributed by atoms with E-state index in [1.165, 1.54) is 6.07 Å². The predicted octanol–water partition coefficient (Wildman–Crippen LogP) is 1.60. The van der Waals surface area contributed by atoms with Crippen molar-refractivity contribution in [2.24, 2.45) is 0 Å². The average molecular weight is 239 g/mol. The van der Waals surface area contributed by atoms with Gasteiger partial charge >= 0.3 is 10.4 Å². The van der Waals surface area contributed by atoms with Gasteiger partial charge in [-0.3, -0.25) is 4.55 Å². The fourth-order valence-corrected chi connectivity index (χ4v) is 1.88. The summed E-state index contributed by atoms with van der Waals surface area (Å²) in [5, 5.41) is 1.20. The van der Waals surface area contributed by atoms with Crippen molar-refractivity contribution >= 4 is 26.9 Å². The normalized spacial score (nSPS) is 11.6. The maximum Gasteiger partial charge on any atom is 0.446 e. The van der Waals surface area contributed by atoms with E-state index in [1.54, 1.807) is 30.3 Å². The van der Waals surface area contributed by atoms with E-state index in [9.17, 15) is 8.42 Å². The largest absolute Gasteiger partial charge is 0.446 e. The molecular weight excluding hydrogens is 230 g/mol. The zero-order chi connectivity index (χ0) is 11.8. The van der Waals surface area contributed by atoms with Gasteiger partial charge in [0.15, 0.2) is 5.75 Å². The third-order valence-electron chi connectivity index (χ3n) is 2.09. The van der Waals surface area contributed by atoms with Crippen molar-refractivity contribution in [2.75, 3.05) is 5.73 Å². The summed E-state index contributed by atoms with van der Waals surface area (Å²) in [7, 11) is -4.54. The maximum absolute atomic E-state index is 10.6. The number of fused-ring (bicyclic) bond motifs is 1. The van der Waals surface area contributed by atoms with Crippen LogP contribution in [0.3, 0.4) is 0 Å². The molecular formula is C10H9NO4S. The first-order valence-electron chi connectivity index (χ1n) is 4.41. The topological polar surface area (TPSA) is 89.6 Å². The zero-order valence-corrected chi connectivity index (χ0v) is 8.94. The SMILES string of the molecule is Nc1cccc2cccc(OS(=O)(=O)O)c12. The molecule has 0 fully saturated rings. The molecule has 0 saturated heterocycles. The van der Waals surface area contributed by atoms with Gasteiger partial charge in [-0.05, 0) is 17.5 Å². The first-order valence-corrected chi connectivity index (χ1v) is 5.78. The van der Waals surface area contributed by atoms with Gasteiger partial charge in [0, 0.05) is 11.1 Å². The van der Waals surface area contributed by atoms with Gasteiger partial charge in [-0.25, -0.2) is 0 Å². The van der Waals surface area contributed by atoms with Gasteiger partial charge in [0.25, 0.3) is 0 Å². The summed E-state index contributed by atoms with van der Waals surface area (Å²) in [6.45, 7) is 0. The van der Waals surface area contributed by atoms with E-state index in [0.717, 1.165) is 5.39 Å². The molecule has 0 amide bonds. The minimum Gasteiger partial charge on any atom is -0.398 e. The quantitative estimate of drug-likeness (QED) is 0.613. The van der Waals surface area contributed by atoms with E-state index in [1.807, 2.05) is 0 Å². The molecule has 84 valence electrons. The highest BCUT2D eigenvalue weighted by molar-refractivity contribution is 7.81. The Hall–Kier alpha value is -1.79. The summed E-state index contributed by atoms with van der Waals surface area (Å²) in [5.74, 6) is 0.0121. The summed E-state index contributed by atoms with van der Waals surface area (Å²) in [5.41, 5.74) is 6.11. The van der Waals surface area contributed by atoms with Crippen molar-refractivity contribution in [3.8, 4) is 5.75 Å². The highest BCUT2D eigenvalue weighted by atomic mass is 32.3. The van der Waals surface area contributed by atoms with Crippen LogP contribution in [0.1, 0.15) is 0 Å². The highest BCUT2D eigenvalue weighted by Gasteiger charge is 2.11. The molecule has 0 aliphatic rings. The number of anilines is 1. The lowest BCUT2D eigenvalue weighted by molar-refractivity contribution is 0.388. The molecule has 2 rings (SSSR count). The minimum atomic E-state index is -4.54. The van der Waals surface area contributed by atoms with Crippen LogP contribution in [0.25, 0.3) is 10.8 Å². The van der Waals surface area contributed by atoms with E-state index in [4.69, 9.17) is 10.3 Å². The summed E-state index contributed by atoms with van der Waals surface area (Å²) < 4.78 is 34.4. The second kappa shape index (κ2) is 3.66. The molecule has 0 unspecified atom stereocenters. The lowest BCUT2D eigenvalue weighted by atomic mass is 10.1. The molecule has 0 atom stereocenters. The molecule has 0 aromatic heterocycles. The standard InChI is InChI=1S/C10H9NO4S/c11-8-5-1-3-7-4-2-6-9(10(7)8)15-16(12,13)14/h1-6H,11H2,(H,12,13,14). The predicted molar refractivity (Wildman–Crippen MR) is 60.5 cm³/mol. The van der Waals surface area contributed by atoms with Crippen molar-refractivity contribution in [3.63, 3.8) is 0 Å². The van der Waals surface area contributed by atoms with Crippen LogP contribution in [0.2, 0.25) is 0 Å². The highest BCUT2D eigenvalue weighted by Crippen LogP contribution is 2.31. The number of nitrogens with two attached hydrogens (primary N) is 1. The second-order valence-corrected chi connectivity index (χ2v) is 4.23. The van der Waals surface area contributed by atoms with Crippen molar-refractivity contribution < 1.29 is 17.2 Å². The number of rotatable bonds is 2. The molecule has 2 aromatic rings. The Balaban J connectivity index is 2.70. The maximum atomic E-state index is 10.6. The van der Waals surface area contributed by atoms with Crippen LogP contribution in [-0.4, -0.2) is 13.0 Å². The number of nitrogen functional groups attached to an aromatic ring is 1. The Labute approximate surface area is 92.4 Å². The van der Waals surface area contributed by atoms with Crippen molar-refractivity contribution in [1.82, 2.24) is 0 Å². The second-order valence-electron chi connectivity index (χ2n) is 3.21.